The average Bonchev–Trinajstić information content (AvgIpc) is 2.12. The molecule has 0 fully saturated rings. The smallest absolute Gasteiger partial charge is 0.310 e. The SMILES string of the molecule is CC(C)C(N)CCN(C)CC(C)(C)C(=O)O. The van der Waals surface area contributed by atoms with Gasteiger partial charge in [0, 0.05) is 12.6 Å². The second-order valence-corrected chi connectivity index (χ2v) is 5.62. The topological polar surface area (TPSA) is 66.6 Å². The highest BCUT2D eigenvalue weighted by Gasteiger charge is 2.28. The molecule has 0 aliphatic rings. The minimum Gasteiger partial charge on any atom is -0.481 e. The first-order valence-corrected chi connectivity index (χ1v) is 5.84. The molecule has 0 bridgehead atoms. The van der Waals surface area contributed by atoms with Crippen LogP contribution < -0.4 is 5.73 Å². The number of hydrogen-bond donors (Lipinski definition) is 2. The van der Waals surface area contributed by atoms with Crippen LogP contribution in [0.1, 0.15) is 34.1 Å². The fourth-order valence-corrected chi connectivity index (χ4v) is 1.52. The van der Waals surface area contributed by atoms with E-state index in [9.17, 15) is 4.79 Å². The van der Waals surface area contributed by atoms with E-state index in [0.29, 0.717) is 12.5 Å². The van der Waals surface area contributed by atoms with Crippen LogP contribution in [-0.4, -0.2) is 42.2 Å². The van der Waals surface area contributed by atoms with Crippen LogP contribution in [0.4, 0.5) is 0 Å². The van der Waals surface area contributed by atoms with Crippen LogP contribution >= 0.6 is 0 Å². The van der Waals surface area contributed by atoms with Gasteiger partial charge in [0.1, 0.15) is 0 Å². The molecule has 0 aliphatic heterocycles. The van der Waals surface area contributed by atoms with Gasteiger partial charge in [0.15, 0.2) is 0 Å². The molecule has 0 heterocycles. The number of carbonyl (C=O) groups is 1. The van der Waals surface area contributed by atoms with Crippen molar-refractivity contribution in [1.82, 2.24) is 4.90 Å². The van der Waals surface area contributed by atoms with Gasteiger partial charge < -0.3 is 15.7 Å². The molecule has 0 aliphatic carbocycles. The van der Waals surface area contributed by atoms with E-state index in [1.54, 1.807) is 13.8 Å². The van der Waals surface area contributed by atoms with Gasteiger partial charge in [0.05, 0.1) is 5.41 Å². The fraction of sp³-hybridized carbons (Fsp3) is 0.917. The molecule has 1 atom stereocenters. The molecule has 0 amide bonds. The number of rotatable bonds is 7. The number of carboxylic acids is 1. The monoisotopic (exact) mass is 230 g/mol. The van der Waals surface area contributed by atoms with Crippen molar-refractivity contribution in [1.29, 1.82) is 0 Å². The van der Waals surface area contributed by atoms with E-state index >= 15 is 0 Å². The van der Waals surface area contributed by atoms with Crippen LogP contribution in [0.2, 0.25) is 0 Å². The summed E-state index contributed by atoms with van der Waals surface area (Å²) in [6.45, 7) is 9.09. The molecule has 0 aromatic carbocycles. The van der Waals surface area contributed by atoms with Gasteiger partial charge in [-0.2, -0.15) is 0 Å². The second kappa shape index (κ2) is 6.21. The van der Waals surface area contributed by atoms with Crippen molar-refractivity contribution < 1.29 is 9.90 Å². The predicted molar refractivity (Wildman–Crippen MR) is 66.3 cm³/mol. The number of nitrogens with zero attached hydrogens (tertiary/aromatic N) is 1. The molecule has 0 spiro atoms. The highest BCUT2D eigenvalue weighted by Crippen LogP contribution is 2.16. The van der Waals surface area contributed by atoms with Gasteiger partial charge in [-0.3, -0.25) is 4.79 Å². The van der Waals surface area contributed by atoms with Gasteiger partial charge in [0.2, 0.25) is 0 Å². The zero-order valence-electron chi connectivity index (χ0n) is 11.2. The average molecular weight is 230 g/mol. The number of hydrogen-bond acceptors (Lipinski definition) is 3. The van der Waals surface area contributed by atoms with E-state index in [-0.39, 0.29) is 6.04 Å². The normalized spacial score (nSPS) is 14.5. The lowest BCUT2D eigenvalue weighted by Crippen LogP contribution is -2.39. The van der Waals surface area contributed by atoms with Crippen LogP contribution in [0, 0.1) is 11.3 Å². The molecule has 0 aromatic rings. The van der Waals surface area contributed by atoms with Gasteiger partial charge in [0.25, 0.3) is 0 Å². The van der Waals surface area contributed by atoms with Crippen LogP contribution in [0.15, 0.2) is 0 Å². The summed E-state index contributed by atoms with van der Waals surface area (Å²) in [5.74, 6) is -0.284. The molecule has 16 heavy (non-hydrogen) atoms. The highest BCUT2D eigenvalue weighted by molar-refractivity contribution is 5.73. The Morgan fingerprint density at radius 3 is 2.31 bits per heavy atom. The maximum Gasteiger partial charge on any atom is 0.310 e. The largest absolute Gasteiger partial charge is 0.481 e. The van der Waals surface area contributed by atoms with Gasteiger partial charge in [-0.05, 0) is 39.8 Å². The lowest BCUT2D eigenvalue weighted by atomic mass is 9.93. The van der Waals surface area contributed by atoms with Crippen molar-refractivity contribution in [2.24, 2.45) is 17.1 Å². The van der Waals surface area contributed by atoms with E-state index in [1.165, 1.54) is 0 Å². The Morgan fingerprint density at radius 1 is 1.44 bits per heavy atom. The Labute approximate surface area is 98.8 Å². The molecule has 0 saturated carbocycles. The van der Waals surface area contributed by atoms with Crippen LogP contribution in [-0.2, 0) is 4.79 Å². The van der Waals surface area contributed by atoms with Crippen LogP contribution in [0.5, 0.6) is 0 Å². The van der Waals surface area contributed by atoms with Crippen molar-refractivity contribution in [2.75, 3.05) is 20.1 Å². The Kier molecular flexibility index (Phi) is 5.97. The van der Waals surface area contributed by atoms with Crippen molar-refractivity contribution in [3.63, 3.8) is 0 Å². The molecule has 0 aromatic heterocycles. The summed E-state index contributed by atoms with van der Waals surface area (Å²) in [5.41, 5.74) is 5.25. The highest BCUT2D eigenvalue weighted by atomic mass is 16.4. The summed E-state index contributed by atoms with van der Waals surface area (Å²) < 4.78 is 0. The number of carboxylic acid groups (broad SMARTS) is 1. The summed E-state index contributed by atoms with van der Waals surface area (Å²) in [4.78, 5) is 13.0. The van der Waals surface area contributed by atoms with Crippen LogP contribution in [0.3, 0.4) is 0 Å². The molecule has 0 rings (SSSR count). The number of aliphatic carboxylic acids is 1. The maximum atomic E-state index is 11.0. The lowest BCUT2D eigenvalue weighted by molar-refractivity contribution is -0.147. The summed E-state index contributed by atoms with van der Waals surface area (Å²) in [6.07, 6.45) is 0.907. The molecule has 4 nitrogen and oxygen atoms in total. The van der Waals surface area contributed by atoms with Gasteiger partial charge in [-0.1, -0.05) is 13.8 Å². The first-order chi connectivity index (χ1) is 7.16. The molecule has 0 saturated heterocycles. The van der Waals surface area contributed by atoms with Gasteiger partial charge in [-0.15, -0.1) is 0 Å². The molecular weight excluding hydrogens is 204 g/mol. The third-order valence-corrected chi connectivity index (χ3v) is 2.94. The lowest BCUT2D eigenvalue weighted by Gasteiger charge is -2.27. The first-order valence-electron chi connectivity index (χ1n) is 5.84. The molecule has 4 heteroatoms. The molecule has 1 unspecified atom stereocenters. The molecular formula is C12H26N2O2. The minimum atomic E-state index is -0.757. The Bertz CT molecular complexity index is 227. The standard InChI is InChI=1S/C12H26N2O2/c1-9(2)10(13)6-7-14(5)8-12(3,4)11(15)16/h9-10H,6-8,13H2,1-5H3,(H,15,16). The summed E-state index contributed by atoms with van der Waals surface area (Å²) in [5, 5.41) is 9.00. The van der Waals surface area contributed by atoms with Crippen molar-refractivity contribution in [3.05, 3.63) is 0 Å². The third kappa shape index (κ3) is 5.47. The zero-order chi connectivity index (χ0) is 12.9. The molecule has 96 valence electrons. The predicted octanol–water partition coefficient (Wildman–Crippen LogP) is 1.40. The first kappa shape index (κ1) is 15.4. The van der Waals surface area contributed by atoms with Crippen molar-refractivity contribution >= 4 is 5.97 Å². The summed E-state index contributed by atoms with van der Waals surface area (Å²) in [6, 6.07) is 0.190. The Morgan fingerprint density at radius 2 is 1.94 bits per heavy atom. The minimum absolute atomic E-state index is 0.190. The summed E-state index contributed by atoms with van der Waals surface area (Å²) in [7, 11) is 1.94. The number of nitrogens with two attached hydrogens (primary N) is 1. The zero-order valence-corrected chi connectivity index (χ0v) is 11.2. The van der Waals surface area contributed by atoms with Gasteiger partial charge >= 0.3 is 5.97 Å². The van der Waals surface area contributed by atoms with Crippen molar-refractivity contribution in [2.45, 2.75) is 40.2 Å². The quantitative estimate of drug-likeness (QED) is 0.694. The van der Waals surface area contributed by atoms with Gasteiger partial charge in [-0.25, -0.2) is 0 Å². The van der Waals surface area contributed by atoms with E-state index < -0.39 is 11.4 Å². The summed E-state index contributed by atoms with van der Waals surface area (Å²) >= 11 is 0. The maximum absolute atomic E-state index is 11.0. The Hall–Kier alpha value is -0.610. The van der Waals surface area contributed by atoms with E-state index in [1.807, 2.05) is 11.9 Å². The third-order valence-electron chi connectivity index (χ3n) is 2.94. The van der Waals surface area contributed by atoms with E-state index in [0.717, 1.165) is 13.0 Å². The second-order valence-electron chi connectivity index (χ2n) is 5.62. The Balaban J connectivity index is 4.00. The molecule has 0 radical (unpaired) electrons. The fourth-order valence-electron chi connectivity index (χ4n) is 1.52. The van der Waals surface area contributed by atoms with E-state index in [2.05, 4.69) is 13.8 Å². The molecule has 3 N–H and O–H groups in total. The van der Waals surface area contributed by atoms with Crippen LogP contribution in [0.25, 0.3) is 0 Å². The van der Waals surface area contributed by atoms with E-state index in [4.69, 9.17) is 10.8 Å². The van der Waals surface area contributed by atoms with Crippen molar-refractivity contribution in [3.8, 4) is 0 Å².